The molecule has 0 bridgehead atoms. The van der Waals surface area contributed by atoms with Crippen molar-refractivity contribution in [2.75, 3.05) is 14.2 Å². The van der Waals surface area contributed by atoms with E-state index >= 15 is 0 Å². The first-order chi connectivity index (χ1) is 13.5. The van der Waals surface area contributed by atoms with Crippen molar-refractivity contribution in [3.63, 3.8) is 0 Å². The van der Waals surface area contributed by atoms with Crippen molar-refractivity contribution in [2.45, 2.75) is 45.4 Å². The average Bonchev–Trinajstić information content (AvgIpc) is 2.73. The molecule has 1 saturated carbocycles. The summed E-state index contributed by atoms with van der Waals surface area (Å²) in [6.45, 7) is 2.16. The van der Waals surface area contributed by atoms with E-state index in [0.29, 0.717) is 12.3 Å². The number of aliphatic carboxylic acids is 1. The molecule has 150 valence electrons. The van der Waals surface area contributed by atoms with Crippen LogP contribution in [0.25, 0.3) is 11.1 Å². The van der Waals surface area contributed by atoms with Crippen molar-refractivity contribution in [2.24, 2.45) is 11.3 Å². The summed E-state index contributed by atoms with van der Waals surface area (Å²) in [6, 6.07) is 13.9. The number of hydrogen-bond acceptors (Lipinski definition) is 3. The molecule has 0 radical (unpaired) electrons. The third-order valence-corrected chi connectivity index (χ3v) is 6.19. The predicted octanol–water partition coefficient (Wildman–Crippen LogP) is 5.58. The van der Waals surface area contributed by atoms with Gasteiger partial charge < -0.3 is 14.6 Å². The molecule has 0 saturated heterocycles. The number of carboxylic acid groups (broad SMARTS) is 1. The monoisotopic (exact) mass is 382 g/mol. The Morgan fingerprint density at radius 3 is 2.29 bits per heavy atom. The maximum Gasteiger partial charge on any atom is 0.309 e. The van der Waals surface area contributed by atoms with Gasteiger partial charge in [-0.1, -0.05) is 56.5 Å². The van der Waals surface area contributed by atoms with Crippen molar-refractivity contribution >= 4 is 5.97 Å². The van der Waals surface area contributed by atoms with Crippen LogP contribution in [0.4, 0.5) is 0 Å². The quantitative estimate of drug-likeness (QED) is 0.679. The summed E-state index contributed by atoms with van der Waals surface area (Å²) in [6.07, 6.45) is 5.34. The van der Waals surface area contributed by atoms with Gasteiger partial charge in [0, 0.05) is 0 Å². The molecule has 0 aliphatic heterocycles. The Bertz CT molecular complexity index is 790. The van der Waals surface area contributed by atoms with Gasteiger partial charge in [-0.05, 0) is 48.4 Å². The van der Waals surface area contributed by atoms with Crippen LogP contribution in [-0.2, 0) is 11.2 Å². The second-order valence-electron chi connectivity index (χ2n) is 7.87. The smallest absolute Gasteiger partial charge is 0.309 e. The van der Waals surface area contributed by atoms with E-state index in [9.17, 15) is 9.90 Å². The van der Waals surface area contributed by atoms with Crippen LogP contribution in [0.2, 0.25) is 0 Å². The molecule has 2 aromatic rings. The standard InChI is InChI=1S/C24H30O4/c1-4-17-7-6-14-24(15-17,23(25)26)16-18-10-12-19(13-11-18)22-20(27-2)8-5-9-21(22)28-3/h5,8-13,17H,4,6-7,14-16H2,1-3H3,(H,25,26). The molecule has 0 aromatic heterocycles. The molecule has 3 rings (SSSR count). The highest BCUT2D eigenvalue weighted by molar-refractivity contribution is 5.77. The minimum absolute atomic E-state index is 0.516. The molecule has 28 heavy (non-hydrogen) atoms. The number of hydrogen-bond donors (Lipinski definition) is 1. The highest BCUT2D eigenvalue weighted by Crippen LogP contribution is 2.44. The minimum atomic E-state index is -0.652. The Morgan fingerprint density at radius 2 is 1.75 bits per heavy atom. The molecular formula is C24H30O4. The molecule has 4 heteroatoms. The van der Waals surface area contributed by atoms with E-state index < -0.39 is 11.4 Å². The van der Waals surface area contributed by atoms with Gasteiger partial charge in [-0.25, -0.2) is 0 Å². The minimum Gasteiger partial charge on any atom is -0.496 e. The lowest BCUT2D eigenvalue weighted by molar-refractivity contribution is -0.152. The Hall–Kier alpha value is -2.49. The SMILES string of the molecule is CCC1CCCC(Cc2ccc(-c3c(OC)cccc3OC)cc2)(C(=O)O)C1. The van der Waals surface area contributed by atoms with E-state index in [1.54, 1.807) is 14.2 Å². The fourth-order valence-corrected chi connectivity index (χ4v) is 4.58. The third-order valence-electron chi connectivity index (χ3n) is 6.19. The predicted molar refractivity (Wildman–Crippen MR) is 111 cm³/mol. The Morgan fingerprint density at radius 1 is 1.11 bits per heavy atom. The van der Waals surface area contributed by atoms with E-state index in [1.807, 2.05) is 42.5 Å². The Labute approximate surface area is 167 Å². The summed E-state index contributed by atoms with van der Waals surface area (Å²) in [5.41, 5.74) is 2.34. The lowest BCUT2D eigenvalue weighted by Crippen LogP contribution is -2.38. The number of rotatable bonds is 7. The number of benzene rings is 2. The molecule has 2 aromatic carbocycles. The van der Waals surface area contributed by atoms with Crippen LogP contribution in [-0.4, -0.2) is 25.3 Å². The molecule has 1 fully saturated rings. The fourth-order valence-electron chi connectivity index (χ4n) is 4.58. The maximum atomic E-state index is 12.2. The van der Waals surface area contributed by atoms with Gasteiger partial charge in [0.25, 0.3) is 0 Å². The van der Waals surface area contributed by atoms with Gasteiger partial charge in [-0.15, -0.1) is 0 Å². The zero-order valence-electron chi connectivity index (χ0n) is 17.0. The molecule has 4 nitrogen and oxygen atoms in total. The van der Waals surface area contributed by atoms with Gasteiger partial charge in [0.2, 0.25) is 0 Å². The van der Waals surface area contributed by atoms with E-state index in [4.69, 9.17) is 9.47 Å². The van der Waals surface area contributed by atoms with Gasteiger partial charge in [0.1, 0.15) is 11.5 Å². The van der Waals surface area contributed by atoms with Crippen LogP contribution in [0.3, 0.4) is 0 Å². The highest BCUT2D eigenvalue weighted by atomic mass is 16.5. The highest BCUT2D eigenvalue weighted by Gasteiger charge is 2.42. The topological polar surface area (TPSA) is 55.8 Å². The maximum absolute atomic E-state index is 12.2. The summed E-state index contributed by atoms with van der Waals surface area (Å²) in [5, 5.41) is 10.00. The lowest BCUT2D eigenvalue weighted by Gasteiger charge is -2.37. The van der Waals surface area contributed by atoms with Gasteiger partial charge in [-0.2, -0.15) is 0 Å². The van der Waals surface area contributed by atoms with Gasteiger partial charge >= 0.3 is 5.97 Å². The Kier molecular flexibility index (Phi) is 6.28. The van der Waals surface area contributed by atoms with Crippen LogP contribution in [0.5, 0.6) is 11.5 Å². The third kappa shape index (κ3) is 4.01. The fraction of sp³-hybridized carbons (Fsp3) is 0.458. The number of carboxylic acids is 1. The van der Waals surface area contributed by atoms with E-state index in [-0.39, 0.29) is 0 Å². The molecule has 0 amide bonds. The van der Waals surface area contributed by atoms with Crippen LogP contribution >= 0.6 is 0 Å². The van der Waals surface area contributed by atoms with E-state index in [2.05, 4.69) is 6.92 Å². The lowest BCUT2D eigenvalue weighted by atomic mass is 9.66. The van der Waals surface area contributed by atoms with Crippen LogP contribution in [0, 0.1) is 11.3 Å². The molecular weight excluding hydrogens is 352 g/mol. The average molecular weight is 383 g/mol. The zero-order valence-corrected chi connectivity index (χ0v) is 17.0. The first-order valence-electron chi connectivity index (χ1n) is 10.1. The first-order valence-corrected chi connectivity index (χ1v) is 10.1. The number of ether oxygens (including phenoxy) is 2. The summed E-state index contributed by atoms with van der Waals surface area (Å²) in [7, 11) is 3.30. The molecule has 0 heterocycles. The molecule has 1 aliphatic rings. The van der Waals surface area contributed by atoms with Crippen molar-refractivity contribution in [1.29, 1.82) is 0 Å². The van der Waals surface area contributed by atoms with Crippen molar-refractivity contribution in [3.8, 4) is 22.6 Å². The van der Waals surface area contributed by atoms with Crippen LogP contribution < -0.4 is 9.47 Å². The van der Waals surface area contributed by atoms with Crippen molar-refractivity contribution < 1.29 is 19.4 Å². The molecule has 2 atom stereocenters. The second-order valence-corrected chi connectivity index (χ2v) is 7.87. The van der Waals surface area contributed by atoms with Gasteiger partial charge in [0.05, 0.1) is 25.2 Å². The Balaban J connectivity index is 1.88. The second kappa shape index (κ2) is 8.68. The van der Waals surface area contributed by atoms with Gasteiger partial charge in [0.15, 0.2) is 0 Å². The normalized spacial score (nSPS) is 21.9. The molecule has 1 N–H and O–H groups in total. The molecule has 0 spiro atoms. The number of methoxy groups -OCH3 is 2. The summed E-state index contributed by atoms with van der Waals surface area (Å²) in [4.78, 5) is 12.2. The van der Waals surface area contributed by atoms with Crippen LogP contribution in [0.1, 0.15) is 44.6 Å². The summed E-state index contributed by atoms with van der Waals surface area (Å²) >= 11 is 0. The summed E-state index contributed by atoms with van der Waals surface area (Å²) in [5.74, 6) is 1.38. The summed E-state index contributed by atoms with van der Waals surface area (Å²) < 4.78 is 11.0. The van der Waals surface area contributed by atoms with E-state index in [1.165, 1.54) is 0 Å². The van der Waals surface area contributed by atoms with Crippen molar-refractivity contribution in [3.05, 3.63) is 48.0 Å². The first kappa shape index (κ1) is 20.2. The molecule has 1 aliphatic carbocycles. The number of carbonyl (C=O) groups is 1. The van der Waals surface area contributed by atoms with Gasteiger partial charge in [-0.3, -0.25) is 4.79 Å². The molecule has 2 unspecified atom stereocenters. The largest absolute Gasteiger partial charge is 0.496 e. The zero-order chi connectivity index (χ0) is 20.1. The van der Waals surface area contributed by atoms with Crippen LogP contribution in [0.15, 0.2) is 42.5 Å². The van der Waals surface area contributed by atoms with E-state index in [0.717, 1.165) is 60.3 Å². The van der Waals surface area contributed by atoms with Crippen molar-refractivity contribution in [1.82, 2.24) is 0 Å².